The first-order valence-corrected chi connectivity index (χ1v) is 24.9. The van der Waals surface area contributed by atoms with Crippen LogP contribution >= 0.6 is 12.6 Å². The molecule has 2 aromatic heterocycles. The van der Waals surface area contributed by atoms with E-state index in [0.717, 1.165) is 94.1 Å². The Hall–Kier alpha value is -7.09. The molecule has 0 bridgehead atoms. The molecule has 0 radical (unpaired) electrons. The molecule has 7 heteroatoms. The van der Waals surface area contributed by atoms with Crippen molar-refractivity contribution in [1.29, 1.82) is 5.41 Å². The highest BCUT2D eigenvalue weighted by atomic mass is 32.1. The van der Waals surface area contributed by atoms with E-state index in [2.05, 4.69) is 169 Å². The molecule has 1 unspecified atom stereocenters. The Kier molecular flexibility index (Phi) is 21.5. The van der Waals surface area contributed by atoms with Gasteiger partial charge in [0.2, 0.25) is 0 Å². The van der Waals surface area contributed by atoms with Gasteiger partial charge in [-0.05, 0) is 80.7 Å². The van der Waals surface area contributed by atoms with Crippen molar-refractivity contribution < 1.29 is 0 Å². The first-order chi connectivity index (χ1) is 33.6. The predicted octanol–water partition coefficient (Wildman–Crippen LogP) is 16.5. The minimum absolute atomic E-state index is 0.200. The van der Waals surface area contributed by atoms with Crippen LogP contribution in [-0.4, -0.2) is 37.5 Å². The Balaban J connectivity index is 0.000000722. The van der Waals surface area contributed by atoms with Gasteiger partial charge in [-0.25, -0.2) is 15.0 Å². The lowest BCUT2D eigenvalue weighted by Gasteiger charge is -2.20. The average molecular weight is 917 g/mol. The lowest BCUT2D eigenvalue weighted by molar-refractivity contribution is 0.650. The summed E-state index contributed by atoms with van der Waals surface area (Å²) >= 11 is 3.53. The van der Waals surface area contributed by atoms with Crippen LogP contribution in [0, 0.1) is 5.41 Å². The van der Waals surface area contributed by atoms with Gasteiger partial charge in [0.05, 0.1) is 16.9 Å². The summed E-state index contributed by atoms with van der Waals surface area (Å²) in [4.78, 5) is 15.1. The van der Waals surface area contributed by atoms with Crippen LogP contribution < -0.4 is 5.32 Å². The highest BCUT2D eigenvalue weighted by Crippen LogP contribution is 2.41. The van der Waals surface area contributed by atoms with E-state index in [1.807, 2.05) is 83.2 Å². The van der Waals surface area contributed by atoms with E-state index >= 15 is 0 Å². The molecule has 5 aromatic rings. The van der Waals surface area contributed by atoms with E-state index < -0.39 is 0 Å². The van der Waals surface area contributed by atoms with Crippen molar-refractivity contribution in [3.8, 4) is 33.9 Å². The number of thiol groups is 1. The number of allylic oxidation sites excluding steroid dienone is 20. The lowest BCUT2D eigenvalue weighted by Crippen LogP contribution is -2.23. The van der Waals surface area contributed by atoms with E-state index in [1.165, 1.54) is 5.70 Å². The van der Waals surface area contributed by atoms with Crippen molar-refractivity contribution in [2.24, 2.45) is 0 Å². The van der Waals surface area contributed by atoms with E-state index in [1.54, 1.807) is 12.3 Å². The van der Waals surface area contributed by atoms with Crippen LogP contribution in [-0.2, 0) is 0 Å². The van der Waals surface area contributed by atoms with Crippen molar-refractivity contribution >= 4 is 52.2 Å². The van der Waals surface area contributed by atoms with Crippen molar-refractivity contribution in [1.82, 2.24) is 24.8 Å². The summed E-state index contributed by atoms with van der Waals surface area (Å²) in [5.41, 5.74) is 10.9. The molecule has 68 heavy (non-hydrogen) atoms. The minimum Gasteiger partial charge on any atom is -0.384 e. The SMILES string of the molecule is C=C/C=C\C.CC.CC.CS.N=C1C=Cc2c(n(/C3=C/C/C=C\C=C/C3)c3ccc(-c4cccc(-c5nc(C6=CC/C=C\C/C=C\6)nc(-c6ccccc6)n5)c4)cc23)/C1=C/NC1C=CC=CCC1. The predicted molar refractivity (Wildman–Crippen MR) is 301 cm³/mol. The number of fused-ring (bicyclic) bond motifs is 3. The maximum Gasteiger partial charge on any atom is 0.164 e. The molecule has 0 amide bonds. The van der Waals surface area contributed by atoms with E-state index in [-0.39, 0.29) is 6.04 Å². The smallest absolute Gasteiger partial charge is 0.164 e. The number of hydrogen-bond acceptors (Lipinski definition) is 6. The number of rotatable bonds is 8. The van der Waals surface area contributed by atoms with Gasteiger partial charge in [0.25, 0.3) is 0 Å². The fourth-order valence-corrected chi connectivity index (χ4v) is 7.95. The largest absolute Gasteiger partial charge is 0.384 e. The zero-order chi connectivity index (χ0) is 48.5. The van der Waals surface area contributed by atoms with Gasteiger partial charge in [0.15, 0.2) is 17.5 Å². The molecule has 0 saturated carbocycles. The van der Waals surface area contributed by atoms with Crippen LogP contribution in [0.2, 0.25) is 0 Å². The second-order valence-electron chi connectivity index (χ2n) is 15.3. The Bertz CT molecular complexity index is 2820. The van der Waals surface area contributed by atoms with Gasteiger partial charge in [0, 0.05) is 57.6 Å². The van der Waals surface area contributed by atoms with Gasteiger partial charge in [-0.1, -0.05) is 198 Å². The quantitative estimate of drug-likeness (QED) is 0.0823. The highest BCUT2D eigenvalue weighted by Gasteiger charge is 2.26. The molecule has 2 N–H and O–H groups in total. The van der Waals surface area contributed by atoms with Gasteiger partial charge in [-0.3, -0.25) is 0 Å². The zero-order valence-corrected chi connectivity index (χ0v) is 41.6. The summed E-state index contributed by atoms with van der Waals surface area (Å²) in [6.07, 6.45) is 49.2. The Morgan fingerprint density at radius 1 is 0.691 bits per heavy atom. The fourth-order valence-electron chi connectivity index (χ4n) is 7.95. The lowest BCUT2D eigenvalue weighted by atomic mass is 9.94. The number of nitrogens with one attached hydrogen (secondary N) is 2. The molecule has 4 aliphatic carbocycles. The maximum absolute atomic E-state index is 9.14. The summed E-state index contributed by atoms with van der Waals surface area (Å²) < 4.78 is 2.39. The first kappa shape index (κ1) is 51.9. The van der Waals surface area contributed by atoms with Gasteiger partial charge in [-0.2, -0.15) is 12.6 Å². The average Bonchev–Trinajstić information content (AvgIpc) is 3.48. The second kappa shape index (κ2) is 28.2. The Labute approximate surface area is 411 Å². The molecule has 3 aromatic carbocycles. The zero-order valence-electron chi connectivity index (χ0n) is 40.7. The first-order valence-electron chi connectivity index (χ1n) is 24.0. The minimum atomic E-state index is 0.200. The van der Waals surface area contributed by atoms with Crippen LogP contribution in [0.5, 0.6) is 0 Å². The molecule has 9 rings (SSSR count). The van der Waals surface area contributed by atoms with Crippen LogP contribution in [0.4, 0.5) is 0 Å². The van der Waals surface area contributed by atoms with Crippen LogP contribution in [0.25, 0.3) is 67.7 Å². The van der Waals surface area contributed by atoms with Gasteiger partial charge in [0.1, 0.15) is 0 Å². The third-order valence-corrected chi connectivity index (χ3v) is 11.1. The number of aromatic nitrogens is 4. The number of hydrogen-bond donors (Lipinski definition) is 3. The second-order valence-corrected chi connectivity index (χ2v) is 15.3. The molecule has 0 aliphatic heterocycles. The van der Waals surface area contributed by atoms with Crippen LogP contribution in [0.3, 0.4) is 0 Å². The Morgan fingerprint density at radius 3 is 2.16 bits per heavy atom. The molecule has 0 saturated heterocycles. The van der Waals surface area contributed by atoms with E-state index in [0.29, 0.717) is 23.2 Å². The molecular formula is C61H68N6S. The summed E-state index contributed by atoms with van der Waals surface area (Å²) in [6, 6.07) is 25.6. The molecule has 2 heterocycles. The summed E-state index contributed by atoms with van der Waals surface area (Å²) in [5.74, 6) is 1.96. The molecule has 1 atom stereocenters. The summed E-state index contributed by atoms with van der Waals surface area (Å²) in [6.45, 7) is 13.4. The van der Waals surface area contributed by atoms with Crippen molar-refractivity contribution in [2.75, 3.05) is 6.26 Å². The van der Waals surface area contributed by atoms with Crippen molar-refractivity contribution in [3.05, 3.63) is 212 Å². The third-order valence-electron chi connectivity index (χ3n) is 11.1. The highest BCUT2D eigenvalue weighted by molar-refractivity contribution is 7.79. The van der Waals surface area contributed by atoms with E-state index in [4.69, 9.17) is 20.4 Å². The summed E-state index contributed by atoms with van der Waals surface area (Å²) in [5, 5.41) is 13.9. The molecule has 4 aliphatic rings. The van der Waals surface area contributed by atoms with Crippen molar-refractivity contribution in [3.63, 3.8) is 0 Å². The molecule has 6 nitrogen and oxygen atoms in total. The number of benzene rings is 3. The monoisotopic (exact) mass is 917 g/mol. The molecule has 0 spiro atoms. The Morgan fingerprint density at radius 2 is 1.38 bits per heavy atom. The van der Waals surface area contributed by atoms with Crippen molar-refractivity contribution in [2.45, 2.75) is 79.2 Å². The van der Waals surface area contributed by atoms with Crippen LogP contribution in [0.15, 0.2) is 195 Å². The van der Waals surface area contributed by atoms with Gasteiger partial charge < -0.3 is 15.3 Å². The normalized spacial score (nSPS) is 19.0. The summed E-state index contributed by atoms with van der Waals surface area (Å²) in [7, 11) is 0. The molecule has 0 fully saturated rings. The van der Waals surface area contributed by atoms with E-state index in [9.17, 15) is 0 Å². The third kappa shape index (κ3) is 13.5. The molecule has 348 valence electrons. The van der Waals surface area contributed by atoms with Gasteiger partial charge in [-0.15, -0.1) is 0 Å². The molecular weight excluding hydrogens is 849 g/mol. The van der Waals surface area contributed by atoms with Gasteiger partial charge >= 0.3 is 0 Å². The standard InChI is InChI=1S/C51H44N6.C5H8.2C2H6.CH4S/c52-46-31-30-43-44-34-39(29-32-47(44)57(42-27-16-5-2-6-17-28-42)48(43)45(46)35-53-41-25-14-7-8-15-26-41)38-23-18-24-40(33-38)51-55-49(36-19-10-3-1-4-11-20-36)54-50(56-51)37-21-12-9-13-22-37;1-3-5-4-2;3*1-2/h1-3,5-9,11-14,16,18-25,28-35,41,52-53H,4,10,15,17,26-27H2;3-5H,1H2,2H3;2*1-2H3;2H,1H3/b3-1-,6-2-,16-5-,20-11-,36-19?,42-28+,45-35+,52-46?;5-4-;;;. The fraction of sp³-hybridized carbons (Fsp3) is 0.213. The number of nitrogens with zero attached hydrogens (tertiary/aromatic N) is 4. The van der Waals surface area contributed by atoms with Crippen LogP contribution in [0.1, 0.15) is 90.2 Å². The topological polar surface area (TPSA) is 79.5 Å². The maximum atomic E-state index is 9.14.